The number of carboxylic acid groups (broad SMARTS) is 1. The Bertz CT molecular complexity index is 1050. The zero-order chi connectivity index (χ0) is 23.1. The Labute approximate surface area is 191 Å². The van der Waals surface area contributed by atoms with Crippen LogP contribution in [-0.4, -0.2) is 41.3 Å². The van der Waals surface area contributed by atoms with Crippen LogP contribution in [0.15, 0.2) is 54.0 Å². The van der Waals surface area contributed by atoms with Crippen molar-refractivity contribution in [1.82, 2.24) is 10.3 Å². The standard InChI is InChI=1S/C24H26N2O5S/c1-15(2)31-21(24(28)29)13-16-4-9-20(30-3)19(12-16)14-26-22(27)17-5-7-18(8-6-17)23-25-10-11-32-23/h4-12,15,21H,13-14H2,1-3H3,(H,26,27)(H,28,29). The number of amides is 1. The molecule has 32 heavy (non-hydrogen) atoms. The van der Waals surface area contributed by atoms with Crippen molar-refractivity contribution in [3.63, 3.8) is 0 Å². The minimum Gasteiger partial charge on any atom is -0.496 e. The van der Waals surface area contributed by atoms with E-state index >= 15 is 0 Å². The molecule has 0 fully saturated rings. The monoisotopic (exact) mass is 454 g/mol. The van der Waals surface area contributed by atoms with E-state index < -0.39 is 12.1 Å². The van der Waals surface area contributed by atoms with Crippen LogP contribution in [0.5, 0.6) is 5.75 Å². The van der Waals surface area contributed by atoms with Crippen molar-refractivity contribution in [3.8, 4) is 16.3 Å². The van der Waals surface area contributed by atoms with Gasteiger partial charge in [-0.05, 0) is 37.6 Å². The van der Waals surface area contributed by atoms with Gasteiger partial charge in [-0.3, -0.25) is 4.79 Å². The predicted octanol–water partition coefficient (Wildman–Crippen LogP) is 4.17. The summed E-state index contributed by atoms with van der Waals surface area (Å²) in [4.78, 5) is 28.4. The SMILES string of the molecule is COc1ccc(CC(OC(C)C)C(=O)O)cc1CNC(=O)c1ccc(-c2nccs2)cc1. The van der Waals surface area contributed by atoms with Crippen LogP contribution < -0.4 is 10.1 Å². The smallest absolute Gasteiger partial charge is 0.333 e. The van der Waals surface area contributed by atoms with E-state index in [1.807, 2.05) is 23.6 Å². The Hall–Kier alpha value is -3.23. The van der Waals surface area contributed by atoms with Crippen molar-refractivity contribution in [2.24, 2.45) is 0 Å². The minimum absolute atomic E-state index is 0.199. The Morgan fingerprint density at radius 1 is 1.16 bits per heavy atom. The van der Waals surface area contributed by atoms with Gasteiger partial charge in [-0.15, -0.1) is 11.3 Å². The normalized spacial score (nSPS) is 11.9. The first-order valence-corrected chi connectivity index (χ1v) is 11.1. The van der Waals surface area contributed by atoms with E-state index in [2.05, 4.69) is 10.3 Å². The van der Waals surface area contributed by atoms with Gasteiger partial charge in [0.1, 0.15) is 10.8 Å². The number of hydrogen-bond acceptors (Lipinski definition) is 6. The van der Waals surface area contributed by atoms with Gasteiger partial charge < -0.3 is 19.9 Å². The molecule has 0 aliphatic carbocycles. The van der Waals surface area contributed by atoms with E-state index in [0.29, 0.717) is 11.3 Å². The lowest BCUT2D eigenvalue weighted by Crippen LogP contribution is -2.29. The third-order valence-corrected chi connectivity index (χ3v) is 5.57. The molecule has 0 bridgehead atoms. The maximum atomic E-state index is 12.6. The number of nitrogens with zero attached hydrogens (tertiary/aromatic N) is 1. The molecule has 1 atom stereocenters. The van der Waals surface area contributed by atoms with Gasteiger partial charge >= 0.3 is 5.97 Å². The van der Waals surface area contributed by atoms with Crippen LogP contribution in [0.4, 0.5) is 0 Å². The minimum atomic E-state index is -1.01. The summed E-state index contributed by atoms with van der Waals surface area (Å²) >= 11 is 1.54. The number of carbonyl (C=O) groups is 2. The number of aromatic nitrogens is 1. The molecule has 0 saturated carbocycles. The predicted molar refractivity (Wildman–Crippen MR) is 123 cm³/mol. The second kappa shape index (κ2) is 10.9. The van der Waals surface area contributed by atoms with Gasteiger partial charge in [0, 0.05) is 41.2 Å². The summed E-state index contributed by atoms with van der Waals surface area (Å²) in [6.07, 6.45) is 0.823. The van der Waals surface area contributed by atoms with Crippen molar-refractivity contribution in [2.75, 3.05) is 7.11 Å². The number of methoxy groups -OCH3 is 1. The number of carbonyl (C=O) groups excluding carboxylic acids is 1. The number of ether oxygens (including phenoxy) is 2. The molecule has 8 heteroatoms. The van der Waals surface area contributed by atoms with Crippen LogP contribution in [0.3, 0.4) is 0 Å². The number of thiazole rings is 1. The summed E-state index contributed by atoms with van der Waals surface area (Å²) in [7, 11) is 1.56. The Morgan fingerprint density at radius 3 is 2.50 bits per heavy atom. The summed E-state index contributed by atoms with van der Waals surface area (Å²) < 4.78 is 10.9. The first-order valence-electron chi connectivity index (χ1n) is 10.2. The topological polar surface area (TPSA) is 97.8 Å². The van der Waals surface area contributed by atoms with Gasteiger partial charge in [-0.1, -0.05) is 24.3 Å². The average molecular weight is 455 g/mol. The highest BCUT2D eigenvalue weighted by atomic mass is 32.1. The van der Waals surface area contributed by atoms with Crippen LogP contribution in [0.1, 0.15) is 35.3 Å². The Balaban J connectivity index is 1.68. The van der Waals surface area contributed by atoms with E-state index in [1.54, 1.807) is 62.8 Å². The van der Waals surface area contributed by atoms with Crippen molar-refractivity contribution in [2.45, 2.75) is 39.0 Å². The second-order valence-corrected chi connectivity index (χ2v) is 8.35. The maximum Gasteiger partial charge on any atom is 0.333 e. The van der Waals surface area contributed by atoms with Crippen LogP contribution in [0.25, 0.3) is 10.6 Å². The van der Waals surface area contributed by atoms with Gasteiger partial charge in [-0.25, -0.2) is 9.78 Å². The first-order chi connectivity index (χ1) is 15.4. The second-order valence-electron chi connectivity index (χ2n) is 7.46. The number of carboxylic acids is 1. The number of nitrogens with one attached hydrogen (secondary N) is 1. The third-order valence-electron chi connectivity index (χ3n) is 4.74. The largest absolute Gasteiger partial charge is 0.496 e. The van der Waals surface area contributed by atoms with Crippen molar-refractivity contribution in [3.05, 3.63) is 70.7 Å². The van der Waals surface area contributed by atoms with Gasteiger partial charge in [0.2, 0.25) is 0 Å². The number of rotatable bonds is 10. The van der Waals surface area contributed by atoms with Crippen LogP contribution >= 0.6 is 11.3 Å². The highest BCUT2D eigenvalue weighted by molar-refractivity contribution is 7.13. The average Bonchev–Trinajstić information content (AvgIpc) is 3.32. The molecular formula is C24H26N2O5S. The summed E-state index contributed by atoms with van der Waals surface area (Å²) in [6.45, 7) is 3.84. The molecule has 0 radical (unpaired) electrons. The van der Waals surface area contributed by atoms with Gasteiger partial charge in [0.05, 0.1) is 13.2 Å². The molecule has 168 valence electrons. The molecule has 0 spiro atoms. The van der Waals surface area contributed by atoms with E-state index in [4.69, 9.17) is 9.47 Å². The molecule has 0 saturated heterocycles. The fourth-order valence-corrected chi connectivity index (χ4v) is 3.89. The van der Waals surface area contributed by atoms with Crippen LogP contribution in [-0.2, 0) is 22.5 Å². The maximum absolute atomic E-state index is 12.6. The van der Waals surface area contributed by atoms with Crippen molar-refractivity contribution >= 4 is 23.2 Å². The van der Waals surface area contributed by atoms with E-state index in [0.717, 1.165) is 21.7 Å². The Morgan fingerprint density at radius 2 is 1.91 bits per heavy atom. The molecule has 7 nitrogen and oxygen atoms in total. The first kappa shape index (κ1) is 23.4. The molecule has 3 rings (SSSR count). The highest BCUT2D eigenvalue weighted by Crippen LogP contribution is 2.23. The third kappa shape index (κ3) is 6.15. The molecule has 3 aromatic rings. The van der Waals surface area contributed by atoms with E-state index in [9.17, 15) is 14.7 Å². The molecular weight excluding hydrogens is 428 g/mol. The fraction of sp³-hybridized carbons (Fsp3) is 0.292. The number of hydrogen-bond donors (Lipinski definition) is 2. The van der Waals surface area contributed by atoms with Crippen LogP contribution in [0.2, 0.25) is 0 Å². The highest BCUT2D eigenvalue weighted by Gasteiger charge is 2.21. The molecule has 1 unspecified atom stereocenters. The lowest BCUT2D eigenvalue weighted by Gasteiger charge is -2.18. The summed E-state index contributed by atoms with van der Waals surface area (Å²) in [5.41, 5.74) is 3.04. The molecule has 2 N–H and O–H groups in total. The van der Waals surface area contributed by atoms with Crippen molar-refractivity contribution in [1.29, 1.82) is 0 Å². The molecule has 0 aliphatic rings. The molecule has 1 heterocycles. The summed E-state index contributed by atoms with van der Waals surface area (Å²) in [5.74, 6) is -0.606. The zero-order valence-corrected chi connectivity index (χ0v) is 19.0. The number of aliphatic carboxylic acids is 1. The van der Waals surface area contributed by atoms with Crippen LogP contribution in [0, 0.1) is 0 Å². The quantitative estimate of drug-likeness (QED) is 0.477. The number of benzene rings is 2. The molecule has 1 aromatic heterocycles. The molecule has 0 aliphatic heterocycles. The summed E-state index contributed by atoms with van der Waals surface area (Å²) in [5, 5.41) is 15.1. The van der Waals surface area contributed by atoms with E-state index in [1.165, 1.54) is 0 Å². The van der Waals surface area contributed by atoms with Gasteiger partial charge in [0.25, 0.3) is 5.91 Å². The van der Waals surface area contributed by atoms with Gasteiger partial charge in [0.15, 0.2) is 6.10 Å². The molecule has 1 amide bonds. The van der Waals surface area contributed by atoms with Crippen molar-refractivity contribution < 1.29 is 24.2 Å². The Kier molecular flexibility index (Phi) is 7.97. The summed E-state index contributed by atoms with van der Waals surface area (Å²) in [6, 6.07) is 12.7. The lowest BCUT2D eigenvalue weighted by atomic mass is 10.0. The van der Waals surface area contributed by atoms with E-state index in [-0.39, 0.29) is 25.0 Å². The fourth-order valence-electron chi connectivity index (χ4n) is 3.24. The molecule has 2 aromatic carbocycles. The zero-order valence-electron chi connectivity index (χ0n) is 18.2. The van der Waals surface area contributed by atoms with Gasteiger partial charge in [-0.2, -0.15) is 0 Å². The lowest BCUT2D eigenvalue weighted by molar-refractivity contribution is -0.153.